The SMILES string of the molecule is CC(C)C[C@@H]1NC(=O)[C@@H]2C[C@H](C(=O)NCCCCCC[N+](C)(C)C)[C@H](c3ccc(O)cc3)N2C1=O. The number of aromatic hydroxyl groups is 1. The first-order valence-electron chi connectivity index (χ1n) is 13.0. The molecule has 2 heterocycles. The van der Waals surface area contributed by atoms with Gasteiger partial charge in [0, 0.05) is 6.54 Å². The molecular weight excluding hydrogens is 444 g/mol. The largest absolute Gasteiger partial charge is 0.508 e. The van der Waals surface area contributed by atoms with Crippen LogP contribution in [0.5, 0.6) is 5.75 Å². The number of amides is 3. The van der Waals surface area contributed by atoms with Crippen molar-refractivity contribution < 1.29 is 24.0 Å². The van der Waals surface area contributed by atoms with E-state index in [1.54, 1.807) is 29.2 Å². The van der Waals surface area contributed by atoms with Gasteiger partial charge in [-0.15, -0.1) is 0 Å². The highest BCUT2D eigenvalue weighted by Crippen LogP contribution is 2.43. The fraction of sp³-hybridized carbons (Fsp3) is 0.667. The van der Waals surface area contributed by atoms with E-state index < -0.39 is 24.0 Å². The number of quaternary nitrogens is 1. The summed E-state index contributed by atoms with van der Waals surface area (Å²) in [5.41, 5.74) is 0.761. The van der Waals surface area contributed by atoms with Crippen molar-refractivity contribution in [1.82, 2.24) is 15.5 Å². The van der Waals surface area contributed by atoms with Crippen LogP contribution in [0.3, 0.4) is 0 Å². The molecule has 8 nitrogen and oxygen atoms in total. The molecule has 0 spiro atoms. The summed E-state index contributed by atoms with van der Waals surface area (Å²) in [5, 5.41) is 15.7. The van der Waals surface area contributed by atoms with Gasteiger partial charge < -0.3 is 25.1 Å². The van der Waals surface area contributed by atoms with Crippen LogP contribution in [0.15, 0.2) is 24.3 Å². The van der Waals surface area contributed by atoms with E-state index in [0.717, 1.165) is 42.3 Å². The zero-order valence-electron chi connectivity index (χ0n) is 21.9. The quantitative estimate of drug-likeness (QED) is 0.330. The van der Waals surface area contributed by atoms with Gasteiger partial charge in [-0.25, -0.2) is 0 Å². The predicted molar refractivity (Wildman–Crippen MR) is 135 cm³/mol. The number of carbonyl (C=O) groups excluding carboxylic acids is 3. The summed E-state index contributed by atoms with van der Waals surface area (Å²) in [6, 6.07) is 4.85. The Bertz CT molecular complexity index is 893. The van der Waals surface area contributed by atoms with Crippen LogP contribution in [0.4, 0.5) is 0 Å². The van der Waals surface area contributed by atoms with E-state index in [2.05, 4.69) is 31.8 Å². The number of piperazine rings is 1. The summed E-state index contributed by atoms with van der Waals surface area (Å²) in [6.07, 6.45) is 5.11. The number of nitrogens with zero attached hydrogens (tertiary/aromatic N) is 2. The smallest absolute Gasteiger partial charge is 0.246 e. The lowest BCUT2D eigenvalue weighted by Crippen LogP contribution is -2.61. The van der Waals surface area contributed by atoms with Gasteiger partial charge in [-0.05, 0) is 55.7 Å². The molecule has 0 aromatic heterocycles. The van der Waals surface area contributed by atoms with Crippen molar-refractivity contribution >= 4 is 17.7 Å². The Morgan fingerprint density at radius 2 is 1.77 bits per heavy atom. The van der Waals surface area contributed by atoms with Crippen molar-refractivity contribution in [3.05, 3.63) is 29.8 Å². The molecule has 0 bridgehead atoms. The van der Waals surface area contributed by atoms with Crippen LogP contribution < -0.4 is 10.6 Å². The summed E-state index contributed by atoms with van der Waals surface area (Å²) in [7, 11) is 6.57. The Hall–Kier alpha value is -2.61. The van der Waals surface area contributed by atoms with Crippen molar-refractivity contribution in [3.63, 3.8) is 0 Å². The van der Waals surface area contributed by atoms with Gasteiger partial charge in [-0.1, -0.05) is 32.4 Å². The zero-order chi connectivity index (χ0) is 25.8. The highest BCUT2D eigenvalue weighted by Gasteiger charge is 2.54. The van der Waals surface area contributed by atoms with Gasteiger partial charge in [0.25, 0.3) is 0 Å². The monoisotopic (exact) mass is 487 g/mol. The van der Waals surface area contributed by atoms with E-state index in [1.165, 1.54) is 0 Å². The third-order valence-electron chi connectivity index (χ3n) is 7.00. The van der Waals surface area contributed by atoms with Gasteiger partial charge in [0.2, 0.25) is 17.7 Å². The van der Waals surface area contributed by atoms with Crippen LogP contribution in [0.2, 0.25) is 0 Å². The normalized spacial score (nSPS) is 24.5. The lowest BCUT2D eigenvalue weighted by atomic mass is 9.92. The minimum Gasteiger partial charge on any atom is -0.508 e. The molecule has 2 aliphatic rings. The Kier molecular flexibility index (Phi) is 8.80. The molecule has 3 N–H and O–H groups in total. The van der Waals surface area contributed by atoms with E-state index in [9.17, 15) is 19.5 Å². The molecule has 194 valence electrons. The summed E-state index contributed by atoms with van der Waals surface area (Å²) in [4.78, 5) is 41.4. The van der Waals surface area contributed by atoms with Crippen molar-refractivity contribution in [3.8, 4) is 5.75 Å². The standard InChI is InChI=1S/C27H42N4O4/c1-18(2)16-22-27(35)30-23(26(34)29-22)17-21(24(30)19-10-12-20(32)13-11-19)25(33)28-14-8-6-7-9-15-31(3,4)5/h10-13,18,21-24H,6-9,14-17H2,1-5H3,(H2-,28,29,32,33,34)/p+1/t21-,22-,23-,24-/m0/s1. The van der Waals surface area contributed by atoms with Crippen LogP contribution in [0, 0.1) is 11.8 Å². The van der Waals surface area contributed by atoms with Crippen LogP contribution in [-0.2, 0) is 14.4 Å². The molecule has 4 atom stereocenters. The van der Waals surface area contributed by atoms with Crippen molar-refractivity contribution in [2.24, 2.45) is 11.8 Å². The number of phenols is 1. The minimum atomic E-state index is -0.656. The molecule has 1 aromatic carbocycles. The first-order chi connectivity index (χ1) is 16.5. The van der Waals surface area contributed by atoms with Gasteiger partial charge in [0.1, 0.15) is 17.8 Å². The molecule has 1 aromatic rings. The Morgan fingerprint density at radius 1 is 1.11 bits per heavy atom. The molecule has 35 heavy (non-hydrogen) atoms. The van der Waals surface area contributed by atoms with Gasteiger partial charge in [-0.3, -0.25) is 14.4 Å². The molecule has 3 amide bonds. The Labute approximate surface area is 209 Å². The molecule has 2 fully saturated rings. The maximum atomic E-state index is 13.5. The third-order valence-corrected chi connectivity index (χ3v) is 7.00. The van der Waals surface area contributed by atoms with Crippen molar-refractivity contribution in [2.45, 2.75) is 70.5 Å². The number of phenolic OH excluding ortho intramolecular Hbond substituents is 1. The molecule has 3 rings (SSSR count). The van der Waals surface area contributed by atoms with Crippen LogP contribution in [0.1, 0.15) is 64.0 Å². The number of hydrogen-bond acceptors (Lipinski definition) is 4. The summed E-state index contributed by atoms with van der Waals surface area (Å²) >= 11 is 0. The van der Waals surface area contributed by atoms with Crippen LogP contribution in [0.25, 0.3) is 0 Å². The van der Waals surface area contributed by atoms with Gasteiger partial charge >= 0.3 is 0 Å². The molecule has 0 radical (unpaired) electrons. The number of hydrogen-bond donors (Lipinski definition) is 3. The number of rotatable bonds is 11. The average Bonchev–Trinajstić information content (AvgIpc) is 3.17. The molecule has 0 unspecified atom stereocenters. The highest BCUT2D eigenvalue weighted by molar-refractivity contribution is 5.99. The number of unbranched alkanes of at least 4 members (excludes halogenated alkanes) is 3. The lowest BCUT2D eigenvalue weighted by molar-refractivity contribution is -0.870. The molecule has 2 saturated heterocycles. The molecule has 0 aliphatic carbocycles. The maximum absolute atomic E-state index is 13.5. The fourth-order valence-corrected chi connectivity index (χ4v) is 5.26. The molecule has 8 heteroatoms. The minimum absolute atomic E-state index is 0.120. The number of nitrogens with one attached hydrogen (secondary N) is 2. The Morgan fingerprint density at radius 3 is 2.40 bits per heavy atom. The topological polar surface area (TPSA) is 98.7 Å². The second-order valence-corrected chi connectivity index (χ2v) is 11.5. The molecule has 2 aliphatic heterocycles. The van der Waals surface area contributed by atoms with Crippen LogP contribution >= 0.6 is 0 Å². The zero-order valence-corrected chi connectivity index (χ0v) is 21.9. The first-order valence-corrected chi connectivity index (χ1v) is 13.0. The van der Waals surface area contributed by atoms with Crippen molar-refractivity contribution in [2.75, 3.05) is 34.2 Å². The number of carbonyl (C=O) groups is 3. The van der Waals surface area contributed by atoms with Crippen LogP contribution in [-0.4, -0.2) is 78.5 Å². The van der Waals surface area contributed by atoms with E-state index in [-0.39, 0.29) is 29.4 Å². The number of benzene rings is 1. The van der Waals surface area contributed by atoms with E-state index in [1.807, 2.05) is 13.8 Å². The predicted octanol–water partition coefficient (Wildman–Crippen LogP) is 2.58. The van der Waals surface area contributed by atoms with E-state index in [0.29, 0.717) is 19.4 Å². The third kappa shape index (κ3) is 6.97. The summed E-state index contributed by atoms with van der Waals surface area (Å²) in [6.45, 7) is 5.76. The van der Waals surface area contributed by atoms with Gasteiger partial charge in [0.05, 0.1) is 39.6 Å². The molecule has 0 saturated carbocycles. The van der Waals surface area contributed by atoms with Gasteiger partial charge in [-0.2, -0.15) is 0 Å². The Balaban J connectivity index is 1.69. The first kappa shape index (κ1) is 27.0. The fourth-order valence-electron chi connectivity index (χ4n) is 5.26. The second-order valence-electron chi connectivity index (χ2n) is 11.5. The van der Waals surface area contributed by atoms with E-state index >= 15 is 0 Å². The second kappa shape index (κ2) is 11.4. The summed E-state index contributed by atoms with van der Waals surface area (Å²) < 4.78 is 0.957. The molecular formula is C27H43N4O4+. The summed E-state index contributed by atoms with van der Waals surface area (Å²) in [5.74, 6) is -0.590. The average molecular weight is 488 g/mol. The lowest BCUT2D eigenvalue weighted by Gasteiger charge is -2.39. The van der Waals surface area contributed by atoms with Crippen molar-refractivity contribution in [1.29, 1.82) is 0 Å². The van der Waals surface area contributed by atoms with Gasteiger partial charge in [0.15, 0.2) is 0 Å². The maximum Gasteiger partial charge on any atom is 0.246 e. The van der Waals surface area contributed by atoms with E-state index in [4.69, 9.17) is 0 Å². The highest BCUT2D eigenvalue weighted by atomic mass is 16.3. The number of fused-ring (bicyclic) bond motifs is 1.